The quantitative estimate of drug-likeness (QED) is 0.785. The molecule has 2 aromatic rings. The van der Waals surface area contributed by atoms with Crippen LogP contribution in [0, 0.1) is 12.1 Å². The zero-order valence-corrected chi connectivity index (χ0v) is 10.9. The minimum atomic E-state index is -3.77. The fourth-order valence-electron chi connectivity index (χ4n) is 1.70. The average Bonchev–Trinajstić information content (AvgIpc) is 2.26. The Labute approximate surface area is 105 Å². The molecule has 0 amide bonds. The minimum absolute atomic E-state index is 0.0663. The van der Waals surface area contributed by atoms with E-state index >= 15 is 0 Å². The second-order valence-corrected chi connectivity index (χ2v) is 6.34. The molecule has 0 fully saturated rings. The summed E-state index contributed by atoms with van der Waals surface area (Å²) in [5.74, 6) is 0. The van der Waals surface area contributed by atoms with Gasteiger partial charge in [0, 0.05) is 36.2 Å². The standard InChI is InChI=1S/C12H10ClNO2S/c1-14(2)11-7-3-6-10-9(11)5-4-8-12(10)17(13,15)16/h3,6-8H,1-2H3. The van der Waals surface area contributed by atoms with Crippen molar-refractivity contribution in [3.8, 4) is 0 Å². The number of rotatable bonds is 2. The van der Waals surface area contributed by atoms with E-state index in [1.807, 2.05) is 25.1 Å². The van der Waals surface area contributed by atoms with E-state index in [1.54, 1.807) is 12.1 Å². The van der Waals surface area contributed by atoms with Gasteiger partial charge in [0.15, 0.2) is 0 Å². The van der Waals surface area contributed by atoms with Crippen LogP contribution in [0.4, 0.5) is 5.69 Å². The van der Waals surface area contributed by atoms with Crippen molar-refractivity contribution in [2.24, 2.45) is 0 Å². The van der Waals surface area contributed by atoms with Crippen LogP contribution in [-0.4, -0.2) is 22.5 Å². The van der Waals surface area contributed by atoms with Gasteiger partial charge in [0.05, 0.1) is 16.0 Å². The van der Waals surface area contributed by atoms with Crippen LogP contribution in [0.1, 0.15) is 0 Å². The third kappa shape index (κ3) is 2.17. The molecule has 0 spiro atoms. The van der Waals surface area contributed by atoms with E-state index in [4.69, 9.17) is 10.7 Å². The Morgan fingerprint density at radius 1 is 1.29 bits per heavy atom. The van der Waals surface area contributed by atoms with Crippen LogP contribution in [0.3, 0.4) is 0 Å². The van der Waals surface area contributed by atoms with Gasteiger partial charge in [0.1, 0.15) is 0 Å². The van der Waals surface area contributed by atoms with Gasteiger partial charge >= 0.3 is 0 Å². The average molecular weight is 268 g/mol. The van der Waals surface area contributed by atoms with E-state index < -0.39 is 9.05 Å². The molecule has 17 heavy (non-hydrogen) atoms. The van der Waals surface area contributed by atoms with Gasteiger partial charge in [0.25, 0.3) is 9.05 Å². The van der Waals surface area contributed by atoms with Crippen molar-refractivity contribution in [2.75, 3.05) is 19.0 Å². The molecule has 0 heterocycles. The third-order valence-electron chi connectivity index (χ3n) is 2.45. The normalized spacial score (nSPS) is 11.2. The fourth-order valence-corrected chi connectivity index (χ4v) is 2.72. The molecule has 0 aliphatic carbocycles. The zero-order valence-electron chi connectivity index (χ0n) is 9.36. The van der Waals surface area contributed by atoms with Crippen molar-refractivity contribution in [3.63, 3.8) is 0 Å². The second kappa shape index (κ2) is 4.10. The van der Waals surface area contributed by atoms with Crippen molar-refractivity contribution < 1.29 is 8.42 Å². The van der Waals surface area contributed by atoms with Crippen molar-refractivity contribution in [3.05, 3.63) is 36.4 Å². The highest BCUT2D eigenvalue weighted by Gasteiger charge is 2.15. The van der Waals surface area contributed by atoms with Crippen LogP contribution in [0.5, 0.6) is 0 Å². The lowest BCUT2D eigenvalue weighted by atomic mass is 10.1. The zero-order chi connectivity index (χ0) is 12.6. The number of hydrogen-bond donors (Lipinski definition) is 0. The Morgan fingerprint density at radius 2 is 2.00 bits per heavy atom. The first kappa shape index (κ1) is 12.0. The number of benzene rings is 1. The smallest absolute Gasteiger partial charge is 0.262 e. The van der Waals surface area contributed by atoms with E-state index in [1.165, 1.54) is 6.07 Å². The summed E-state index contributed by atoms with van der Waals surface area (Å²) in [5.41, 5.74) is 0.876. The number of hydrogen-bond acceptors (Lipinski definition) is 3. The van der Waals surface area contributed by atoms with E-state index in [2.05, 4.69) is 12.1 Å². The van der Waals surface area contributed by atoms with Gasteiger partial charge in [-0.2, -0.15) is 0 Å². The minimum Gasteiger partial charge on any atom is -0.377 e. The number of nitrogens with zero attached hydrogens (tertiary/aromatic N) is 1. The summed E-state index contributed by atoms with van der Waals surface area (Å²) < 4.78 is 22.9. The highest BCUT2D eigenvalue weighted by molar-refractivity contribution is 8.14. The molecule has 3 nitrogen and oxygen atoms in total. The van der Waals surface area contributed by atoms with Crippen LogP contribution >= 0.6 is 10.7 Å². The molecule has 2 aromatic carbocycles. The monoisotopic (exact) mass is 267 g/mol. The maximum atomic E-state index is 11.4. The van der Waals surface area contributed by atoms with Gasteiger partial charge < -0.3 is 4.90 Å². The van der Waals surface area contributed by atoms with E-state index in [0.29, 0.717) is 10.8 Å². The maximum Gasteiger partial charge on any atom is 0.262 e. The molecule has 0 radical (unpaired) electrons. The molecule has 0 saturated heterocycles. The van der Waals surface area contributed by atoms with Crippen LogP contribution in [-0.2, 0) is 9.05 Å². The van der Waals surface area contributed by atoms with Gasteiger partial charge in [-0.25, -0.2) is 8.42 Å². The largest absolute Gasteiger partial charge is 0.377 e. The molecule has 88 valence electrons. The predicted octanol–water partition coefficient (Wildman–Crippen LogP) is 2.43. The topological polar surface area (TPSA) is 37.4 Å². The van der Waals surface area contributed by atoms with Gasteiger partial charge in [0.2, 0.25) is 0 Å². The molecule has 0 atom stereocenters. The summed E-state index contributed by atoms with van der Waals surface area (Å²) in [5, 5.41) is 1.25. The summed E-state index contributed by atoms with van der Waals surface area (Å²) in [7, 11) is 5.38. The van der Waals surface area contributed by atoms with E-state index in [0.717, 1.165) is 5.69 Å². The van der Waals surface area contributed by atoms with Crippen molar-refractivity contribution in [1.82, 2.24) is 0 Å². The predicted molar refractivity (Wildman–Crippen MR) is 69.0 cm³/mol. The molecule has 0 N–H and O–H groups in total. The van der Waals surface area contributed by atoms with E-state index in [-0.39, 0.29) is 4.90 Å². The van der Waals surface area contributed by atoms with Crippen LogP contribution in [0.15, 0.2) is 29.2 Å². The number of anilines is 1. The fraction of sp³-hybridized carbons (Fsp3) is 0.167. The Hall–Kier alpha value is -1.44. The lowest BCUT2D eigenvalue weighted by Gasteiger charge is -2.14. The van der Waals surface area contributed by atoms with Crippen molar-refractivity contribution in [2.45, 2.75) is 4.90 Å². The molecule has 2 rings (SSSR count). The summed E-state index contributed by atoms with van der Waals surface area (Å²) in [6, 6.07) is 12.3. The highest BCUT2D eigenvalue weighted by Crippen LogP contribution is 2.29. The number of halogens is 1. The molecule has 0 aromatic heterocycles. The maximum absolute atomic E-state index is 11.4. The molecule has 0 saturated carbocycles. The van der Waals surface area contributed by atoms with Gasteiger partial charge in [-0.05, 0) is 6.07 Å². The molecular weight excluding hydrogens is 258 g/mol. The van der Waals surface area contributed by atoms with Gasteiger partial charge in [-0.15, -0.1) is 0 Å². The Morgan fingerprint density at radius 3 is 2.59 bits per heavy atom. The molecule has 0 aliphatic heterocycles. The van der Waals surface area contributed by atoms with Crippen LogP contribution < -0.4 is 4.90 Å². The molecule has 0 aliphatic rings. The Bertz CT molecular complexity index is 665. The summed E-state index contributed by atoms with van der Waals surface area (Å²) in [6.07, 6.45) is 0. The first-order valence-corrected chi connectivity index (χ1v) is 7.19. The SMILES string of the molecule is CN(C)c1cccc2c(S(=O)(=O)Cl)cc#cc12. The summed E-state index contributed by atoms with van der Waals surface area (Å²) in [4.78, 5) is 1.95. The Kier molecular flexibility index (Phi) is 2.90. The molecular formula is C12H10ClNO2S. The first-order valence-electron chi connectivity index (χ1n) is 4.88. The lowest BCUT2D eigenvalue weighted by Crippen LogP contribution is -2.09. The van der Waals surface area contributed by atoms with Crippen molar-refractivity contribution >= 4 is 36.2 Å². The molecule has 5 heteroatoms. The van der Waals surface area contributed by atoms with E-state index in [9.17, 15) is 8.42 Å². The third-order valence-corrected chi connectivity index (χ3v) is 3.81. The Balaban J connectivity index is 2.89. The van der Waals surface area contributed by atoms with Gasteiger partial charge in [-0.1, -0.05) is 24.3 Å². The molecule has 0 bridgehead atoms. The number of fused-ring (bicyclic) bond motifs is 1. The van der Waals surface area contributed by atoms with Gasteiger partial charge in [-0.3, -0.25) is 0 Å². The summed E-state index contributed by atoms with van der Waals surface area (Å²) in [6.45, 7) is 0. The molecule has 0 unspecified atom stereocenters. The lowest BCUT2D eigenvalue weighted by molar-refractivity contribution is 0.610. The van der Waals surface area contributed by atoms with Crippen molar-refractivity contribution in [1.29, 1.82) is 0 Å². The summed E-state index contributed by atoms with van der Waals surface area (Å²) >= 11 is 0. The second-order valence-electron chi connectivity index (χ2n) is 3.81. The van der Waals surface area contributed by atoms with Crippen LogP contribution in [0.25, 0.3) is 10.8 Å². The van der Waals surface area contributed by atoms with Crippen LogP contribution in [0.2, 0.25) is 0 Å². The highest BCUT2D eigenvalue weighted by atomic mass is 35.7. The first-order chi connectivity index (χ1) is 7.91.